The maximum absolute atomic E-state index is 10.3. The fraction of sp³-hybridized carbons (Fsp3) is 0.500. The summed E-state index contributed by atoms with van der Waals surface area (Å²) in [6.07, 6.45) is 2.94. The van der Waals surface area contributed by atoms with Crippen LogP contribution in [-0.2, 0) is 4.79 Å². The van der Waals surface area contributed by atoms with Crippen LogP contribution in [0, 0.1) is 6.92 Å². The Labute approximate surface area is 108 Å². The Bertz CT molecular complexity index is 391. The van der Waals surface area contributed by atoms with Crippen LogP contribution in [0.4, 0.5) is 5.69 Å². The lowest BCUT2D eigenvalue weighted by atomic mass is 10.1. The summed E-state index contributed by atoms with van der Waals surface area (Å²) in [6, 6.07) is 5.93. The monoisotopic (exact) mass is 251 g/mol. The van der Waals surface area contributed by atoms with Crippen molar-refractivity contribution < 1.29 is 14.6 Å². The summed E-state index contributed by atoms with van der Waals surface area (Å²) < 4.78 is 5.15. The van der Waals surface area contributed by atoms with E-state index in [1.54, 1.807) is 7.11 Å². The predicted molar refractivity (Wildman–Crippen MR) is 72.3 cm³/mol. The Morgan fingerprint density at radius 1 is 1.33 bits per heavy atom. The van der Waals surface area contributed by atoms with Crippen molar-refractivity contribution in [3.8, 4) is 5.75 Å². The number of hydrogen-bond donors (Lipinski definition) is 2. The van der Waals surface area contributed by atoms with Gasteiger partial charge in [0, 0.05) is 18.7 Å². The zero-order valence-electron chi connectivity index (χ0n) is 11.0. The number of carbonyl (C=O) groups is 1. The fourth-order valence-electron chi connectivity index (χ4n) is 1.76. The topological polar surface area (TPSA) is 58.6 Å². The van der Waals surface area contributed by atoms with Gasteiger partial charge in [0.1, 0.15) is 5.75 Å². The van der Waals surface area contributed by atoms with Crippen LogP contribution in [0.25, 0.3) is 0 Å². The maximum Gasteiger partial charge on any atom is 0.303 e. The lowest BCUT2D eigenvalue weighted by molar-refractivity contribution is -0.137. The predicted octanol–water partition coefficient (Wildman–Crippen LogP) is 3.06. The lowest BCUT2D eigenvalue weighted by Gasteiger charge is -2.10. The number of anilines is 1. The third-order valence-electron chi connectivity index (χ3n) is 2.82. The van der Waals surface area contributed by atoms with Crippen molar-refractivity contribution in [2.24, 2.45) is 0 Å². The van der Waals surface area contributed by atoms with Crippen LogP contribution in [-0.4, -0.2) is 24.7 Å². The molecule has 0 unspecified atom stereocenters. The van der Waals surface area contributed by atoms with Crippen LogP contribution in [0.3, 0.4) is 0 Å². The van der Waals surface area contributed by atoms with E-state index < -0.39 is 5.97 Å². The second-order valence-corrected chi connectivity index (χ2v) is 4.31. The molecular weight excluding hydrogens is 230 g/mol. The molecule has 0 aliphatic heterocycles. The molecule has 0 fully saturated rings. The minimum atomic E-state index is -0.714. The number of carboxylic acids is 1. The number of carboxylic acid groups (broad SMARTS) is 1. The number of hydrogen-bond acceptors (Lipinski definition) is 3. The van der Waals surface area contributed by atoms with Crippen molar-refractivity contribution in [1.29, 1.82) is 0 Å². The highest BCUT2D eigenvalue weighted by atomic mass is 16.5. The van der Waals surface area contributed by atoms with Crippen molar-refractivity contribution in [2.75, 3.05) is 19.0 Å². The highest BCUT2D eigenvalue weighted by Gasteiger charge is 2.00. The van der Waals surface area contributed by atoms with E-state index in [2.05, 4.69) is 5.32 Å². The molecule has 0 bridgehead atoms. The van der Waals surface area contributed by atoms with Crippen molar-refractivity contribution in [1.82, 2.24) is 0 Å². The number of nitrogens with one attached hydrogen (secondary N) is 1. The Hall–Kier alpha value is -1.71. The van der Waals surface area contributed by atoms with Crippen molar-refractivity contribution in [3.63, 3.8) is 0 Å². The summed E-state index contributed by atoms with van der Waals surface area (Å²) in [6.45, 7) is 2.90. The highest BCUT2D eigenvalue weighted by molar-refractivity contribution is 5.66. The summed E-state index contributed by atoms with van der Waals surface area (Å²) in [7, 11) is 1.66. The number of aryl methyl sites for hydroxylation is 1. The molecule has 0 amide bonds. The molecule has 0 aromatic heterocycles. The molecule has 0 radical (unpaired) electrons. The lowest BCUT2D eigenvalue weighted by Crippen LogP contribution is -2.03. The smallest absolute Gasteiger partial charge is 0.303 e. The van der Waals surface area contributed by atoms with E-state index >= 15 is 0 Å². The molecule has 0 spiro atoms. The van der Waals surface area contributed by atoms with Gasteiger partial charge in [-0.25, -0.2) is 0 Å². The summed E-state index contributed by atoms with van der Waals surface area (Å²) in [5.41, 5.74) is 2.26. The highest BCUT2D eigenvalue weighted by Crippen LogP contribution is 2.20. The first kappa shape index (κ1) is 14.4. The van der Waals surface area contributed by atoms with E-state index in [0.717, 1.165) is 42.8 Å². The summed E-state index contributed by atoms with van der Waals surface area (Å²) in [5.74, 6) is 0.147. The molecule has 4 nitrogen and oxygen atoms in total. The molecule has 100 valence electrons. The second kappa shape index (κ2) is 7.58. The molecular formula is C14H21NO3. The first-order valence-corrected chi connectivity index (χ1v) is 6.24. The maximum atomic E-state index is 10.3. The number of benzene rings is 1. The molecule has 0 heterocycles. The summed E-state index contributed by atoms with van der Waals surface area (Å²) in [5, 5.41) is 11.9. The number of unbranched alkanes of at least 4 members (excludes halogenated alkanes) is 2. The zero-order chi connectivity index (χ0) is 13.4. The number of methoxy groups -OCH3 is 1. The van der Waals surface area contributed by atoms with Gasteiger partial charge in [0.05, 0.1) is 7.11 Å². The minimum absolute atomic E-state index is 0.265. The minimum Gasteiger partial charge on any atom is -0.497 e. The van der Waals surface area contributed by atoms with Crippen molar-refractivity contribution in [2.45, 2.75) is 32.6 Å². The van der Waals surface area contributed by atoms with Gasteiger partial charge in [-0.3, -0.25) is 4.79 Å². The molecule has 0 aliphatic rings. The Balaban J connectivity index is 2.25. The quantitative estimate of drug-likeness (QED) is 0.697. The normalized spacial score (nSPS) is 10.1. The molecule has 18 heavy (non-hydrogen) atoms. The molecule has 4 heteroatoms. The van der Waals surface area contributed by atoms with Crippen LogP contribution < -0.4 is 10.1 Å². The molecule has 1 aromatic rings. The Kier molecular flexibility index (Phi) is 6.05. The number of aliphatic carboxylic acids is 1. The average molecular weight is 251 g/mol. The van der Waals surface area contributed by atoms with E-state index in [9.17, 15) is 4.79 Å². The standard InChI is InChI=1S/C14H21NO3/c1-11-10-12(18-2)7-8-13(11)15-9-5-3-4-6-14(16)17/h7-8,10,15H,3-6,9H2,1-2H3,(H,16,17). The van der Waals surface area contributed by atoms with Crippen LogP contribution in [0.2, 0.25) is 0 Å². The third kappa shape index (κ3) is 5.08. The van der Waals surface area contributed by atoms with Gasteiger partial charge in [0.15, 0.2) is 0 Å². The molecule has 0 aliphatic carbocycles. The van der Waals surface area contributed by atoms with E-state index in [-0.39, 0.29) is 6.42 Å². The van der Waals surface area contributed by atoms with Gasteiger partial charge < -0.3 is 15.2 Å². The van der Waals surface area contributed by atoms with Gasteiger partial charge in [-0.05, 0) is 43.5 Å². The van der Waals surface area contributed by atoms with Gasteiger partial charge in [-0.1, -0.05) is 6.42 Å². The molecule has 1 rings (SSSR count). The molecule has 1 aromatic carbocycles. The Morgan fingerprint density at radius 3 is 2.72 bits per heavy atom. The largest absolute Gasteiger partial charge is 0.497 e. The first-order chi connectivity index (χ1) is 8.63. The van der Waals surface area contributed by atoms with E-state index in [1.165, 1.54) is 0 Å². The Morgan fingerprint density at radius 2 is 2.11 bits per heavy atom. The molecule has 0 saturated carbocycles. The van der Waals surface area contributed by atoms with Crippen LogP contribution >= 0.6 is 0 Å². The van der Waals surface area contributed by atoms with Crippen LogP contribution in [0.15, 0.2) is 18.2 Å². The van der Waals surface area contributed by atoms with Gasteiger partial charge in [0.2, 0.25) is 0 Å². The average Bonchev–Trinajstić information content (AvgIpc) is 2.34. The fourth-order valence-corrected chi connectivity index (χ4v) is 1.76. The summed E-state index contributed by atoms with van der Waals surface area (Å²) in [4.78, 5) is 10.3. The SMILES string of the molecule is COc1ccc(NCCCCCC(=O)O)c(C)c1. The van der Waals surface area contributed by atoms with E-state index in [4.69, 9.17) is 9.84 Å². The third-order valence-corrected chi connectivity index (χ3v) is 2.82. The number of ether oxygens (including phenoxy) is 1. The van der Waals surface area contributed by atoms with E-state index in [0.29, 0.717) is 0 Å². The molecule has 2 N–H and O–H groups in total. The van der Waals surface area contributed by atoms with Gasteiger partial charge in [-0.2, -0.15) is 0 Å². The molecule has 0 saturated heterocycles. The van der Waals surface area contributed by atoms with Gasteiger partial charge in [-0.15, -0.1) is 0 Å². The van der Waals surface area contributed by atoms with Crippen LogP contribution in [0.5, 0.6) is 5.75 Å². The van der Waals surface area contributed by atoms with E-state index in [1.807, 2.05) is 25.1 Å². The zero-order valence-corrected chi connectivity index (χ0v) is 11.0. The number of rotatable bonds is 8. The first-order valence-electron chi connectivity index (χ1n) is 6.24. The van der Waals surface area contributed by atoms with Crippen molar-refractivity contribution in [3.05, 3.63) is 23.8 Å². The summed E-state index contributed by atoms with van der Waals surface area (Å²) >= 11 is 0. The van der Waals surface area contributed by atoms with Gasteiger partial charge >= 0.3 is 5.97 Å². The molecule has 0 atom stereocenters. The second-order valence-electron chi connectivity index (χ2n) is 4.31. The van der Waals surface area contributed by atoms with Gasteiger partial charge in [0.25, 0.3) is 0 Å². The van der Waals surface area contributed by atoms with Crippen molar-refractivity contribution >= 4 is 11.7 Å². The van der Waals surface area contributed by atoms with Crippen LogP contribution in [0.1, 0.15) is 31.2 Å².